The molecular formula is C18H26N4O4. The van der Waals surface area contributed by atoms with Crippen LogP contribution >= 0.6 is 0 Å². The third-order valence-electron chi connectivity index (χ3n) is 3.76. The van der Waals surface area contributed by atoms with Gasteiger partial charge in [0.25, 0.3) is 11.8 Å². The van der Waals surface area contributed by atoms with Crippen LogP contribution in [0.4, 0.5) is 5.69 Å². The molecule has 1 aliphatic rings. The molecule has 8 nitrogen and oxygen atoms in total. The van der Waals surface area contributed by atoms with Gasteiger partial charge in [0.05, 0.1) is 5.69 Å². The number of benzene rings is 1. The van der Waals surface area contributed by atoms with Gasteiger partial charge in [-0.2, -0.15) is 0 Å². The second-order valence-corrected chi connectivity index (χ2v) is 6.73. The van der Waals surface area contributed by atoms with Crippen LogP contribution in [0, 0.1) is 0 Å². The maximum atomic E-state index is 12.3. The Kier molecular flexibility index (Phi) is 6.57. The number of fused-ring (bicyclic) bond motifs is 1. The smallest absolute Gasteiger partial charge is 0.265 e. The normalized spacial score (nSPS) is 13.5. The number of ether oxygens (including phenoxy) is 1. The van der Waals surface area contributed by atoms with Crippen LogP contribution in [-0.2, 0) is 9.59 Å². The number of amides is 3. The first-order valence-corrected chi connectivity index (χ1v) is 8.57. The van der Waals surface area contributed by atoms with Gasteiger partial charge in [-0.15, -0.1) is 0 Å². The fourth-order valence-corrected chi connectivity index (χ4v) is 2.52. The molecule has 0 fully saturated rings. The highest BCUT2D eigenvalue weighted by Crippen LogP contribution is 2.32. The van der Waals surface area contributed by atoms with E-state index in [-0.39, 0.29) is 36.9 Å². The van der Waals surface area contributed by atoms with E-state index in [2.05, 4.69) is 10.6 Å². The van der Waals surface area contributed by atoms with Crippen molar-refractivity contribution in [2.24, 2.45) is 0 Å². The molecular weight excluding hydrogens is 336 g/mol. The first kappa shape index (κ1) is 19.7. The Hall–Kier alpha value is -2.61. The van der Waals surface area contributed by atoms with Crippen molar-refractivity contribution in [1.29, 1.82) is 0 Å². The fraction of sp³-hybridized carbons (Fsp3) is 0.500. The molecule has 0 aliphatic carbocycles. The Morgan fingerprint density at radius 1 is 1.31 bits per heavy atom. The minimum absolute atomic E-state index is 0.0214. The van der Waals surface area contributed by atoms with E-state index in [4.69, 9.17) is 4.74 Å². The molecule has 3 amide bonds. The number of likely N-dealkylation sites (N-methyl/N-ethyl adjacent to an activating group) is 1. The van der Waals surface area contributed by atoms with Gasteiger partial charge in [0, 0.05) is 24.7 Å². The number of hydrogen-bond donors (Lipinski definition) is 2. The van der Waals surface area contributed by atoms with Crippen LogP contribution in [0.25, 0.3) is 0 Å². The summed E-state index contributed by atoms with van der Waals surface area (Å²) in [4.78, 5) is 39.9. The molecule has 2 rings (SSSR count). The van der Waals surface area contributed by atoms with Crippen molar-refractivity contribution in [1.82, 2.24) is 15.5 Å². The Balaban J connectivity index is 2.16. The quantitative estimate of drug-likeness (QED) is 0.725. The molecule has 0 aromatic heterocycles. The van der Waals surface area contributed by atoms with Crippen molar-refractivity contribution < 1.29 is 19.1 Å². The fourth-order valence-electron chi connectivity index (χ4n) is 2.52. The van der Waals surface area contributed by atoms with Crippen LogP contribution in [-0.4, -0.2) is 69.0 Å². The van der Waals surface area contributed by atoms with Crippen LogP contribution in [0.2, 0.25) is 0 Å². The molecule has 0 radical (unpaired) electrons. The zero-order chi connectivity index (χ0) is 19.3. The van der Waals surface area contributed by atoms with Crippen molar-refractivity contribution >= 4 is 23.4 Å². The number of carbonyl (C=O) groups excluding carboxylic acids is 3. The summed E-state index contributed by atoms with van der Waals surface area (Å²) in [6.45, 7) is 4.69. The molecule has 1 aromatic carbocycles. The maximum Gasteiger partial charge on any atom is 0.265 e. The topological polar surface area (TPSA) is 91.0 Å². The summed E-state index contributed by atoms with van der Waals surface area (Å²) >= 11 is 0. The summed E-state index contributed by atoms with van der Waals surface area (Å²) in [6.07, 6.45) is 0. The molecule has 1 aromatic rings. The average Bonchev–Trinajstić information content (AvgIpc) is 2.56. The summed E-state index contributed by atoms with van der Waals surface area (Å²) in [5, 5.41) is 5.59. The highest BCUT2D eigenvalue weighted by atomic mass is 16.5. The van der Waals surface area contributed by atoms with Crippen molar-refractivity contribution in [3.05, 3.63) is 23.8 Å². The van der Waals surface area contributed by atoms with Gasteiger partial charge in [-0.25, -0.2) is 0 Å². The second-order valence-electron chi connectivity index (χ2n) is 6.73. The largest absolute Gasteiger partial charge is 0.482 e. The second kappa shape index (κ2) is 8.66. The Morgan fingerprint density at radius 3 is 2.69 bits per heavy atom. The van der Waals surface area contributed by atoms with Crippen LogP contribution in [0.1, 0.15) is 24.2 Å². The Morgan fingerprint density at radius 2 is 2.04 bits per heavy atom. The minimum atomic E-state index is -0.318. The highest BCUT2D eigenvalue weighted by Gasteiger charge is 2.28. The van der Waals surface area contributed by atoms with E-state index in [0.29, 0.717) is 23.5 Å². The minimum Gasteiger partial charge on any atom is -0.482 e. The third kappa shape index (κ3) is 5.19. The number of carbonyl (C=O) groups is 3. The first-order valence-electron chi connectivity index (χ1n) is 8.57. The molecule has 2 N–H and O–H groups in total. The van der Waals surface area contributed by atoms with Crippen LogP contribution < -0.4 is 20.3 Å². The first-order chi connectivity index (χ1) is 12.3. The van der Waals surface area contributed by atoms with Crippen LogP contribution in [0.3, 0.4) is 0 Å². The molecule has 1 aliphatic heterocycles. The van der Waals surface area contributed by atoms with Gasteiger partial charge in [-0.3, -0.25) is 19.3 Å². The standard InChI is InChI=1S/C18H26N4O4/c1-12(2)20-16(23)10-22-14-9-13(18(25)19-7-8-21(3)4)5-6-15(14)26-11-17(22)24/h5-6,9,12H,7-8,10-11H2,1-4H3,(H,19,25)(H,20,23). The summed E-state index contributed by atoms with van der Waals surface area (Å²) < 4.78 is 5.41. The molecule has 0 bridgehead atoms. The summed E-state index contributed by atoms with van der Waals surface area (Å²) in [7, 11) is 3.85. The van der Waals surface area contributed by atoms with E-state index >= 15 is 0 Å². The maximum absolute atomic E-state index is 12.3. The zero-order valence-corrected chi connectivity index (χ0v) is 15.7. The van der Waals surface area contributed by atoms with E-state index in [1.807, 2.05) is 32.8 Å². The summed E-state index contributed by atoms with van der Waals surface area (Å²) in [5.74, 6) is -0.338. The van der Waals surface area contributed by atoms with Gasteiger partial charge >= 0.3 is 0 Å². The molecule has 26 heavy (non-hydrogen) atoms. The van der Waals surface area contributed by atoms with E-state index in [1.165, 1.54) is 4.90 Å². The lowest BCUT2D eigenvalue weighted by atomic mass is 10.1. The van der Waals surface area contributed by atoms with Crippen molar-refractivity contribution in [2.45, 2.75) is 19.9 Å². The van der Waals surface area contributed by atoms with E-state index in [0.717, 1.165) is 6.54 Å². The summed E-state index contributed by atoms with van der Waals surface area (Å²) in [5.41, 5.74) is 0.843. The summed E-state index contributed by atoms with van der Waals surface area (Å²) in [6, 6.07) is 4.86. The molecule has 142 valence electrons. The molecule has 1 heterocycles. The molecule has 0 saturated carbocycles. The Bertz CT molecular complexity index is 688. The average molecular weight is 362 g/mol. The SMILES string of the molecule is CC(C)NC(=O)CN1C(=O)COc2ccc(C(=O)NCCN(C)C)cc21. The molecule has 0 saturated heterocycles. The Labute approximate surface area is 153 Å². The van der Waals surface area contributed by atoms with Gasteiger partial charge in [0.2, 0.25) is 5.91 Å². The monoisotopic (exact) mass is 362 g/mol. The zero-order valence-electron chi connectivity index (χ0n) is 15.7. The number of anilines is 1. The van der Waals surface area contributed by atoms with Gasteiger partial charge < -0.3 is 20.3 Å². The molecule has 8 heteroatoms. The van der Waals surface area contributed by atoms with Crippen molar-refractivity contribution in [2.75, 3.05) is 45.2 Å². The molecule has 0 atom stereocenters. The number of hydrogen-bond acceptors (Lipinski definition) is 5. The number of nitrogens with zero attached hydrogens (tertiary/aromatic N) is 2. The number of rotatable bonds is 7. The van der Waals surface area contributed by atoms with Gasteiger partial charge in [-0.1, -0.05) is 0 Å². The van der Waals surface area contributed by atoms with E-state index in [9.17, 15) is 14.4 Å². The van der Waals surface area contributed by atoms with Crippen LogP contribution in [0.5, 0.6) is 5.75 Å². The number of nitrogens with one attached hydrogen (secondary N) is 2. The molecule has 0 unspecified atom stereocenters. The highest BCUT2D eigenvalue weighted by molar-refractivity contribution is 6.04. The third-order valence-corrected chi connectivity index (χ3v) is 3.76. The molecule has 0 spiro atoms. The van der Waals surface area contributed by atoms with E-state index < -0.39 is 0 Å². The van der Waals surface area contributed by atoms with E-state index in [1.54, 1.807) is 18.2 Å². The van der Waals surface area contributed by atoms with Crippen molar-refractivity contribution in [3.8, 4) is 5.75 Å². The predicted molar refractivity (Wildman–Crippen MR) is 98.5 cm³/mol. The van der Waals surface area contributed by atoms with Gasteiger partial charge in [-0.05, 0) is 46.1 Å². The van der Waals surface area contributed by atoms with Gasteiger partial charge in [0.1, 0.15) is 12.3 Å². The lowest BCUT2D eigenvalue weighted by molar-refractivity contribution is -0.125. The van der Waals surface area contributed by atoms with Gasteiger partial charge in [0.15, 0.2) is 6.61 Å². The predicted octanol–water partition coefficient (Wildman–Crippen LogP) is 0.228. The lowest BCUT2D eigenvalue weighted by Gasteiger charge is -2.29. The lowest BCUT2D eigenvalue weighted by Crippen LogP contribution is -2.46. The van der Waals surface area contributed by atoms with Crippen molar-refractivity contribution in [3.63, 3.8) is 0 Å². The van der Waals surface area contributed by atoms with Crippen LogP contribution in [0.15, 0.2) is 18.2 Å².